The van der Waals surface area contributed by atoms with Crippen LogP contribution in [0.3, 0.4) is 0 Å². The number of phenols is 1. The summed E-state index contributed by atoms with van der Waals surface area (Å²) < 4.78 is 22.1. The molecule has 2 rings (SSSR count). The lowest BCUT2D eigenvalue weighted by molar-refractivity contribution is 0.165. The molecule has 0 saturated heterocycles. The summed E-state index contributed by atoms with van der Waals surface area (Å²) in [5.74, 6) is 1.37. The molecule has 0 aliphatic rings. The maximum absolute atomic E-state index is 10.9. The van der Waals surface area contributed by atoms with Gasteiger partial charge in [-0.3, -0.25) is 0 Å². The van der Waals surface area contributed by atoms with Crippen molar-refractivity contribution in [2.24, 2.45) is 0 Å². The lowest BCUT2D eigenvalue weighted by atomic mass is 9.95. The first kappa shape index (κ1) is 21.6. The molecule has 5 nitrogen and oxygen atoms in total. The number of methoxy groups -OCH3 is 3. The van der Waals surface area contributed by atoms with Crippen molar-refractivity contribution < 1.29 is 24.1 Å². The number of phenolic OH excluding ortho intramolecular Hbond substituents is 1. The lowest BCUT2D eigenvalue weighted by Crippen LogP contribution is -2.08. The van der Waals surface area contributed by atoms with Crippen molar-refractivity contribution in [1.82, 2.24) is 0 Å². The van der Waals surface area contributed by atoms with E-state index in [1.807, 2.05) is 18.2 Å². The highest BCUT2D eigenvalue weighted by Gasteiger charge is 2.25. The first-order chi connectivity index (χ1) is 13.7. The maximum Gasteiger partial charge on any atom is 0.207 e. The molecular formula is C23H30O5. The fourth-order valence-electron chi connectivity index (χ4n) is 3.34. The van der Waals surface area contributed by atoms with Crippen LogP contribution in [0.4, 0.5) is 0 Å². The summed E-state index contributed by atoms with van der Waals surface area (Å²) in [7, 11) is 4.64. The van der Waals surface area contributed by atoms with Crippen molar-refractivity contribution >= 4 is 0 Å². The van der Waals surface area contributed by atoms with Gasteiger partial charge in [-0.1, -0.05) is 36.4 Å². The fourth-order valence-corrected chi connectivity index (χ4v) is 3.34. The summed E-state index contributed by atoms with van der Waals surface area (Å²) in [6.07, 6.45) is 4.80. The number of rotatable bonds is 12. The van der Waals surface area contributed by atoms with Gasteiger partial charge in [0.1, 0.15) is 0 Å². The summed E-state index contributed by atoms with van der Waals surface area (Å²) in [4.78, 5) is 0. The molecule has 2 aromatic carbocycles. The van der Waals surface area contributed by atoms with Crippen molar-refractivity contribution in [3.05, 3.63) is 59.7 Å². The third-order valence-electron chi connectivity index (χ3n) is 4.63. The number of aryl methyl sites for hydroxylation is 1. The molecular weight excluding hydrogens is 356 g/mol. The second-order valence-electron chi connectivity index (χ2n) is 6.36. The topological polar surface area (TPSA) is 57.2 Å². The van der Waals surface area contributed by atoms with Gasteiger partial charge in [0.15, 0.2) is 11.5 Å². The van der Waals surface area contributed by atoms with E-state index in [-0.39, 0.29) is 5.75 Å². The van der Waals surface area contributed by atoms with Gasteiger partial charge in [-0.05, 0) is 31.2 Å². The van der Waals surface area contributed by atoms with Crippen LogP contribution < -0.4 is 14.2 Å². The van der Waals surface area contributed by atoms with Crippen LogP contribution in [-0.4, -0.2) is 39.6 Å². The largest absolute Gasteiger partial charge is 0.504 e. The third kappa shape index (κ3) is 5.20. The molecule has 0 aliphatic carbocycles. The number of benzene rings is 2. The molecule has 1 N–H and O–H groups in total. The fraction of sp³-hybridized carbons (Fsp3) is 0.391. The average molecular weight is 386 g/mol. The molecule has 0 amide bonds. The van der Waals surface area contributed by atoms with Gasteiger partial charge in [0.2, 0.25) is 11.5 Å². The molecule has 0 aliphatic heterocycles. The molecule has 0 atom stereocenters. The van der Waals surface area contributed by atoms with E-state index >= 15 is 0 Å². The van der Waals surface area contributed by atoms with E-state index in [0.29, 0.717) is 43.3 Å². The Balaban J connectivity index is 2.33. The molecule has 152 valence electrons. The van der Waals surface area contributed by atoms with Crippen LogP contribution in [0, 0.1) is 0 Å². The van der Waals surface area contributed by atoms with E-state index in [0.717, 1.165) is 24.0 Å². The van der Waals surface area contributed by atoms with Gasteiger partial charge < -0.3 is 24.1 Å². The highest BCUT2D eigenvalue weighted by molar-refractivity contribution is 5.66. The minimum Gasteiger partial charge on any atom is -0.504 e. The Bertz CT molecular complexity index is 756. The Labute approximate surface area is 167 Å². The van der Waals surface area contributed by atoms with E-state index in [2.05, 4.69) is 18.7 Å². The summed E-state index contributed by atoms with van der Waals surface area (Å²) in [5.41, 5.74) is 2.97. The minimum absolute atomic E-state index is 0.104. The third-order valence-corrected chi connectivity index (χ3v) is 4.63. The van der Waals surface area contributed by atoms with Crippen molar-refractivity contribution in [2.45, 2.75) is 25.7 Å². The molecule has 5 heteroatoms. The van der Waals surface area contributed by atoms with Crippen molar-refractivity contribution in [3.8, 4) is 23.0 Å². The van der Waals surface area contributed by atoms with Gasteiger partial charge in [-0.25, -0.2) is 0 Å². The zero-order valence-electron chi connectivity index (χ0n) is 17.0. The van der Waals surface area contributed by atoms with Crippen LogP contribution in [0.25, 0.3) is 0 Å². The number of hydrogen-bond acceptors (Lipinski definition) is 5. The maximum atomic E-state index is 10.9. The van der Waals surface area contributed by atoms with Gasteiger partial charge in [0.05, 0.1) is 34.5 Å². The molecule has 0 spiro atoms. The number of hydrogen-bond donors (Lipinski definition) is 1. The molecule has 2 aromatic rings. The number of aromatic hydroxyl groups is 1. The standard InChI is InChI=1S/C23H30O5/c1-5-15-28-16-14-19-18(13-9-12-17-10-7-6-8-11-17)20(24)22(26-3)23(27-4)21(19)25-2/h5-8,10-11,24H,1,9,12-16H2,2-4H3. The van der Waals surface area contributed by atoms with Crippen molar-refractivity contribution in [2.75, 3.05) is 34.5 Å². The predicted octanol–water partition coefficient (Wildman–Crippen LogP) is 4.34. The van der Waals surface area contributed by atoms with Crippen molar-refractivity contribution in [1.29, 1.82) is 0 Å². The van der Waals surface area contributed by atoms with Crippen LogP contribution in [-0.2, 0) is 24.0 Å². The van der Waals surface area contributed by atoms with E-state index in [1.165, 1.54) is 19.8 Å². The van der Waals surface area contributed by atoms with Crippen molar-refractivity contribution in [3.63, 3.8) is 0 Å². The van der Waals surface area contributed by atoms with E-state index in [1.54, 1.807) is 13.2 Å². The zero-order valence-corrected chi connectivity index (χ0v) is 17.0. The van der Waals surface area contributed by atoms with Crippen LogP contribution in [0.2, 0.25) is 0 Å². The smallest absolute Gasteiger partial charge is 0.207 e. The molecule has 0 bridgehead atoms. The quantitative estimate of drug-likeness (QED) is 0.434. The minimum atomic E-state index is 0.104. The van der Waals surface area contributed by atoms with E-state index in [9.17, 15) is 5.11 Å². The molecule has 0 radical (unpaired) electrons. The number of ether oxygens (including phenoxy) is 4. The monoisotopic (exact) mass is 386 g/mol. The van der Waals surface area contributed by atoms with Gasteiger partial charge in [0.25, 0.3) is 0 Å². The Kier molecular flexibility index (Phi) is 8.69. The Morgan fingerprint density at radius 3 is 2.14 bits per heavy atom. The normalized spacial score (nSPS) is 10.5. The molecule has 0 unspecified atom stereocenters. The van der Waals surface area contributed by atoms with E-state index < -0.39 is 0 Å². The van der Waals surface area contributed by atoms with Crippen LogP contribution in [0.15, 0.2) is 43.0 Å². The second-order valence-corrected chi connectivity index (χ2v) is 6.36. The Morgan fingerprint density at radius 2 is 1.54 bits per heavy atom. The molecule has 0 saturated carbocycles. The summed E-state index contributed by atoms with van der Waals surface area (Å²) >= 11 is 0. The van der Waals surface area contributed by atoms with Gasteiger partial charge in [-0.2, -0.15) is 0 Å². The van der Waals surface area contributed by atoms with Crippen LogP contribution in [0.5, 0.6) is 23.0 Å². The predicted molar refractivity (Wildman–Crippen MR) is 111 cm³/mol. The summed E-state index contributed by atoms with van der Waals surface area (Å²) in [6, 6.07) is 10.3. The summed E-state index contributed by atoms with van der Waals surface area (Å²) in [6.45, 7) is 4.63. The molecule has 0 aromatic heterocycles. The lowest BCUT2D eigenvalue weighted by Gasteiger charge is -2.21. The molecule has 28 heavy (non-hydrogen) atoms. The molecule has 0 fully saturated rings. The highest BCUT2D eigenvalue weighted by Crippen LogP contribution is 2.49. The van der Waals surface area contributed by atoms with Gasteiger partial charge in [-0.15, -0.1) is 6.58 Å². The average Bonchev–Trinajstić information content (AvgIpc) is 2.73. The first-order valence-electron chi connectivity index (χ1n) is 9.43. The van der Waals surface area contributed by atoms with Gasteiger partial charge >= 0.3 is 0 Å². The first-order valence-corrected chi connectivity index (χ1v) is 9.43. The zero-order chi connectivity index (χ0) is 20.4. The van der Waals surface area contributed by atoms with Crippen LogP contribution >= 0.6 is 0 Å². The Morgan fingerprint density at radius 1 is 0.857 bits per heavy atom. The highest BCUT2D eigenvalue weighted by atomic mass is 16.5. The van der Waals surface area contributed by atoms with Gasteiger partial charge in [0, 0.05) is 11.1 Å². The van der Waals surface area contributed by atoms with E-state index in [4.69, 9.17) is 18.9 Å². The second kappa shape index (κ2) is 11.2. The molecule has 0 heterocycles. The Hall–Kier alpha value is -2.66. The summed E-state index contributed by atoms with van der Waals surface area (Å²) in [5, 5.41) is 10.9. The van der Waals surface area contributed by atoms with Crippen LogP contribution in [0.1, 0.15) is 23.1 Å². The SMILES string of the molecule is C=CCOCCc1c(CCCc2ccccc2)c(O)c(OC)c(OC)c1OC.